The molecule has 2 fully saturated rings. The second-order valence-corrected chi connectivity index (χ2v) is 8.38. The quantitative estimate of drug-likeness (QED) is 0.421. The minimum absolute atomic E-state index is 0.305. The average Bonchev–Trinajstić information content (AvgIpc) is 3.51. The maximum atomic E-state index is 9.58. The van der Waals surface area contributed by atoms with Crippen LogP contribution in [0.3, 0.4) is 0 Å². The summed E-state index contributed by atoms with van der Waals surface area (Å²) in [6, 6.07) is 11.9. The highest BCUT2D eigenvalue weighted by atomic mass is 16.5. The van der Waals surface area contributed by atoms with Gasteiger partial charge in [-0.25, -0.2) is 4.68 Å². The smallest absolute Gasteiger partial charge is 0.193 e. The molecule has 0 aliphatic carbocycles. The van der Waals surface area contributed by atoms with Gasteiger partial charge in [0.1, 0.15) is 17.5 Å². The third kappa shape index (κ3) is 4.52. The van der Waals surface area contributed by atoms with Gasteiger partial charge in [-0.05, 0) is 44.7 Å². The lowest BCUT2D eigenvalue weighted by Gasteiger charge is -2.25. The van der Waals surface area contributed by atoms with Gasteiger partial charge in [0.2, 0.25) is 0 Å². The van der Waals surface area contributed by atoms with Crippen LogP contribution < -0.4 is 11.1 Å². The number of hydrogen-bond acceptors (Lipinski definition) is 5. The summed E-state index contributed by atoms with van der Waals surface area (Å²) in [4.78, 5) is 7.21. The molecule has 2 aliphatic heterocycles. The number of hydrogen-bond donors (Lipinski definition) is 2. The Labute approximate surface area is 183 Å². The SMILES string of the molecule is CCNC(=NCCCc1nn(-c2ccccc2)c(N)c1C#N)N1CCC2(CCOC2)C1. The van der Waals surface area contributed by atoms with Crippen LogP contribution in [0.5, 0.6) is 0 Å². The summed E-state index contributed by atoms with van der Waals surface area (Å²) in [6.07, 6.45) is 3.77. The Bertz CT molecular complexity index is 954. The van der Waals surface area contributed by atoms with Crippen LogP contribution in [-0.4, -0.2) is 60.0 Å². The number of nitrogens with two attached hydrogens (primary N) is 1. The Morgan fingerprint density at radius 2 is 2.19 bits per heavy atom. The Morgan fingerprint density at radius 3 is 2.90 bits per heavy atom. The lowest BCUT2D eigenvalue weighted by atomic mass is 9.87. The van der Waals surface area contributed by atoms with Gasteiger partial charge < -0.3 is 20.7 Å². The van der Waals surface area contributed by atoms with Gasteiger partial charge in [0.15, 0.2) is 5.96 Å². The lowest BCUT2D eigenvalue weighted by Crippen LogP contribution is -2.41. The van der Waals surface area contributed by atoms with Gasteiger partial charge in [-0.15, -0.1) is 0 Å². The maximum Gasteiger partial charge on any atom is 0.193 e. The van der Waals surface area contributed by atoms with Crippen LogP contribution in [0.4, 0.5) is 5.82 Å². The highest BCUT2D eigenvalue weighted by Crippen LogP contribution is 2.38. The first-order valence-corrected chi connectivity index (χ1v) is 11.1. The van der Waals surface area contributed by atoms with E-state index in [2.05, 4.69) is 28.3 Å². The van der Waals surface area contributed by atoms with Gasteiger partial charge in [0.25, 0.3) is 0 Å². The molecule has 1 aromatic heterocycles. The molecule has 164 valence electrons. The Hall–Kier alpha value is -3.05. The van der Waals surface area contributed by atoms with Crippen LogP contribution in [0.2, 0.25) is 0 Å². The molecule has 1 atom stereocenters. The van der Waals surface area contributed by atoms with E-state index in [0.29, 0.717) is 29.8 Å². The molecule has 3 N–H and O–H groups in total. The maximum absolute atomic E-state index is 9.58. The van der Waals surface area contributed by atoms with Crippen molar-refractivity contribution >= 4 is 11.8 Å². The van der Waals surface area contributed by atoms with E-state index >= 15 is 0 Å². The largest absolute Gasteiger partial charge is 0.382 e. The molecular formula is C23H31N7O. The molecule has 31 heavy (non-hydrogen) atoms. The van der Waals surface area contributed by atoms with Crippen LogP contribution in [0, 0.1) is 16.7 Å². The minimum atomic E-state index is 0.305. The van der Waals surface area contributed by atoms with E-state index in [0.717, 1.165) is 63.0 Å². The number of aliphatic imine (C=N–C) groups is 1. The number of aromatic nitrogens is 2. The van der Waals surface area contributed by atoms with E-state index in [1.807, 2.05) is 30.3 Å². The summed E-state index contributed by atoms with van der Waals surface area (Å²) < 4.78 is 7.30. The first kappa shape index (κ1) is 21.2. The second-order valence-electron chi connectivity index (χ2n) is 8.38. The van der Waals surface area contributed by atoms with Crippen LogP contribution in [-0.2, 0) is 11.2 Å². The molecule has 1 unspecified atom stereocenters. The van der Waals surface area contributed by atoms with Crippen molar-refractivity contribution in [1.82, 2.24) is 20.0 Å². The van der Waals surface area contributed by atoms with E-state index in [1.54, 1.807) is 4.68 Å². The highest BCUT2D eigenvalue weighted by Gasteiger charge is 2.42. The van der Waals surface area contributed by atoms with Gasteiger partial charge in [0, 0.05) is 38.2 Å². The molecule has 1 spiro atoms. The fourth-order valence-corrected chi connectivity index (χ4v) is 4.49. The monoisotopic (exact) mass is 421 g/mol. The van der Waals surface area contributed by atoms with Crippen LogP contribution in [0.1, 0.15) is 37.4 Å². The van der Waals surface area contributed by atoms with Crippen molar-refractivity contribution in [3.05, 3.63) is 41.6 Å². The molecule has 0 saturated carbocycles. The Morgan fingerprint density at radius 1 is 1.35 bits per heavy atom. The van der Waals surface area contributed by atoms with Crippen LogP contribution in [0.15, 0.2) is 35.3 Å². The highest BCUT2D eigenvalue weighted by molar-refractivity contribution is 5.80. The second kappa shape index (κ2) is 9.40. The summed E-state index contributed by atoms with van der Waals surface area (Å²) in [6.45, 7) is 7.38. The van der Waals surface area contributed by atoms with Crippen molar-refractivity contribution in [2.75, 3.05) is 45.1 Å². The molecule has 2 saturated heterocycles. The van der Waals surface area contributed by atoms with Gasteiger partial charge in [-0.2, -0.15) is 10.4 Å². The minimum Gasteiger partial charge on any atom is -0.382 e. The van der Waals surface area contributed by atoms with E-state index < -0.39 is 0 Å². The molecule has 2 aromatic rings. The Kier molecular flexibility index (Phi) is 6.42. The number of guanidine groups is 1. The van der Waals surface area contributed by atoms with E-state index in [-0.39, 0.29) is 0 Å². The van der Waals surface area contributed by atoms with Gasteiger partial charge in [0.05, 0.1) is 18.0 Å². The molecule has 0 radical (unpaired) electrons. The molecule has 2 aliphatic rings. The number of anilines is 1. The van der Waals surface area contributed by atoms with E-state index in [4.69, 9.17) is 15.5 Å². The van der Waals surface area contributed by atoms with Gasteiger partial charge in [-0.3, -0.25) is 4.99 Å². The summed E-state index contributed by atoms with van der Waals surface area (Å²) in [5, 5.41) is 17.6. The molecule has 0 bridgehead atoms. The molecule has 4 rings (SSSR count). The number of aryl methyl sites for hydroxylation is 1. The third-order valence-electron chi connectivity index (χ3n) is 6.20. The molecule has 1 aromatic carbocycles. The number of nitrogens with one attached hydrogen (secondary N) is 1. The van der Waals surface area contributed by atoms with Crippen LogP contribution in [0.25, 0.3) is 5.69 Å². The summed E-state index contributed by atoms with van der Waals surface area (Å²) >= 11 is 0. The predicted molar refractivity (Wildman–Crippen MR) is 121 cm³/mol. The zero-order valence-electron chi connectivity index (χ0n) is 18.2. The van der Waals surface area contributed by atoms with Crippen LogP contribution >= 0.6 is 0 Å². The van der Waals surface area contributed by atoms with Crippen molar-refractivity contribution in [3.63, 3.8) is 0 Å². The number of rotatable bonds is 6. The normalized spacial score (nSPS) is 21.0. The van der Waals surface area contributed by atoms with Crippen molar-refractivity contribution in [3.8, 4) is 11.8 Å². The summed E-state index contributed by atoms with van der Waals surface area (Å²) in [5.41, 5.74) is 8.55. The fraction of sp³-hybridized carbons (Fsp3) is 0.522. The zero-order valence-corrected chi connectivity index (χ0v) is 18.2. The van der Waals surface area contributed by atoms with Crippen molar-refractivity contribution in [2.24, 2.45) is 10.4 Å². The van der Waals surface area contributed by atoms with Crippen molar-refractivity contribution in [2.45, 2.75) is 32.6 Å². The molecule has 0 amide bonds. The summed E-state index contributed by atoms with van der Waals surface area (Å²) in [7, 11) is 0. The first-order valence-electron chi connectivity index (χ1n) is 11.1. The molecular weight excluding hydrogens is 390 g/mol. The lowest BCUT2D eigenvalue weighted by molar-refractivity contribution is 0.156. The number of ether oxygens (including phenoxy) is 1. The standard InChI is InChI=1S/C23H31N7O/c1-2-26-22(29-13-10-23(16-29)11-14-31-17-23)27-12-6-9-20-19(15-24)21(25)30(28-20)18-7-4-3-5-8-18/h3-5,7-8H,2,6,9-14,16-17,25H2,1H3,(H,26,27). The number of nitrogens with zero attached hydrogens (tertiary/aromatic N) is 5. The zero-order chi connectivity index (χ0) is 21.7. The number of para-hydroxylation sites is 1. The predicted octanol–water partition coefficient (Wildman–Crippen LogP) is 2.34. The number of benzene rings is 1. The number of nitriles is 1. The number of likely N-dealkylation sites (tertiary alicyclic amines) is 1. The summed E-state index contributed by atoms with van der Waals surface area (Å²) in [5.74, 6) is 1.36. The van der Waals surface area contributed by atoms with E-state index in [9.17, 15) is 5.26 Å². The molecule has 3 heterocycles. The molecule has 8 heteroatoms. The molecule has 8 nitrogen and oxygen atoms in total. The van der Waals surface area contributed by atoms with Crippen molar-refractivity contribution in [1.29, 1.82) is 5.26 Å². The number of nitrogen functional groups attached to an aromatic ring is 1. The van der Waals surface area contributed by atoms with Gasteiger partial charge in [-0.1, -0.05) is 18.2 Å². The topological polar surface area (TPSA) is 104 Å². The van der Waals surface area contributed by atoms with E-state index in [1.165, 1.54) is 6.42 Å². The Balaban J connectivity index is 1.40. The third-order valence-corrected chi connectivity index (χ3v) is 6.20. The average molecular weight is 422 g/mol. The first-order chi connectivity index (χ1) is 15.2. The van der Waals surface area contributed by atoms with Gasteiger partial charge >= 0.3 is 0 Å². The van der Waals surface area contributed by atoms with Crippen molar-refractivity contribution < 1.29 is 4.74 Å². The fourth-order valence-electron chi connectivity index (χ4n) is 4.49.